The van der Waals surface area contributed by atoms with E-state index in [-0.39, 0.29) is 24.6 Å². The van der Waals surface area contributed by atoms with Crippen LogP contribution in [0, 0.1) is 0 Å². The van der Waals surface area contributed by atoms with Crippen LogP contribution in [0.1, 0.15) is 40.5 Å². The van der Waals surface area contributed by atoms with Gasteiger partial charge in [0.15, 0.2) is 5.78 Å². The first kappa shape index (κ1) is 15.0. The Morgan fingerprint density at radius 2 is 1.78 bits per heavy atom. The monoisotopic (exact) mass is 257 g/mol. The number of piperidine rings is 1. The van der Waals surface area contributed by atoms with Crippen molar-refractivity contribution in [3.63, 3.8) is 0 Å². The number of nitrogens with zero attached hydrogens (tertiary/aromatic N) is 1. The maximum absolute atomic E-state index is 11.8. The van der Waals surface area contributed by atoms with Gasteiger partial charge in [-0.1, -0.05) is 0 Å². The zero-order chi connectivity index (χ0) is 13.8. The maximum atomic E-state index is 11.8. The number of likely N-dealkylation sites (tertiary alicyclic amines) is 1. The summed E-state index contributed by atoms with van der Waals surface area (Å²) in [6.45, 7) is 8.48. The number of hydrogen-bond acceptors (Lipinski definition) is 4. The molecule has 0 aromatic rings. The quantitative estimate of drug-likeness (QED) is 0.776. The molecule has 0 unspecified atom stereocenters. The Morgan fingerprint density at radius 1 is 1.22 bits per heavy atom. The van der Waals surface area contributed by atoms with E-state index < -0.39 is 5.60 Å². The Hall–Kier alpha value is -1.10. The summed E-state index contributed by atoms with van der Waals surface area (Å²) in [4.78, 5) is 24.3. The van der Waals surface area contributed by atoms with E-state index in [9.17, 15) is 9.59 Å². The lowest BCUT2D eigenvalue weighted by Gasteiger charge is -2.33. The largest absolute Gasteiger partial charge is 0.444 e. The number of hydrogen-bond donors (Lipinski definition) is 0. The summed E-state index contributed by atoms with van der Waals surface area (Å²) in [6, 6.07) is 0. The Morgan fingerprint density at radius 3 is 2.22 bits per heavy atom. The number of carbonyl (C=O) groups excluding carboxylic acids is 2. The van der Waals surface area contributed by atoms with Crippen LogP contribution in [0.25, 0.3) is 0 Å². The minimum Gasteiger partial charge on any atom is -0.444 e. The lowest BCUT2D eigenvalue weighted by atomic mass is 10.1. The van der Waals surface area contributed by atoms with Crippen LogP contribution in [0.3, 0.4) is 0 Å². The van der Waals surface area contributed by atoms with Gasteiger partial charge in [0.05, 0.1) is 6.10 Å². The first-order valence-electron chi connectivity index (χ1n) is 6.37. The van der Waals surface area contributed by atoms with Gasteiger partial charge < -0.3 is 14.4 Å². The molecular formula is C13H23NO4. The van der Waals surface area contributed by atoms with Gasteiger partial charge in [-0.2, -0.15) is 0 Å². The zero-order valence-corrected chi connectivity index (χ0v) is 11.7. The molecule has 104 valence electrons. The first-order chi connectivity index (χ1) is 8.28. The van der Waals surface area contributed by atoms with E-state index in [1.807, 2.05) is 20.8 Å². The third-order valence-electron chi connectivity index (χ3n) is 2.62. The summed E-state index contributed by atoms with van der Waals surface area (Å²) in [5.41, 5.74) is -0.459. The SMILES string of the molecule is CC(=O)COC1CCN(C(=O)OC(C)(C)C)CC1. The molecule has 0 aromatic carbocycles. The van der Waals surface area contributed by atoms with E-state index in [2.05, 4.69) is 0 Å². The number of carbonyl (C=O) groups is 2. The fourth-order valence-corrected chi connectivity index (χ4v) is 1.77. The van der Waals surface area contributed by atoms with Crippen molar-refractivity contribution in [1.82, 2.24) is 4.90 Å². The number of ether oxygens (including phenoxy) is 2. The minimum absolute atomic E-state index is 0.0320. The zero-order valence-electron chi connectivity index (χ0n) is 11.7. The van der Waals surface area contributed by atoms with Crippen LogP contribution in [-0.4, -0.2) is 48.2 Å². The highest BCUT2D eigenvalue weighted by Gasteiger charge is 2.27. The average molecular weight is 257 g/mol. The topological polar surface area (TPSA) is 55.8 Å². The van der Waals surface area contributed by atoms with E-state index in [0.717, 1.165) is 12.8 Å². The lowest BCUT2D eigenvalue weighted by Crippen LogP contribution is -2.43. The molecule has 0 spiro atoms. The van der Waals surface area contributed by atoms with Gasteiger partial charge in [-0.05, 0) is 40.5 Å². The second kappa shape index (κ2) is 6.18. The highest BCUT2D eigenvalue weighted by atomic mass is 16.6. The molecule has 1 fully saturated rings. The summed E-state index contributed by atoms with van der Waals surface area (Å²) in [7, 11) is 0. The van der Waals surface area contributed by atoms with Crippen molar-refractivity contribution in [3.05, 3.63) is 0 Å². The second-order valence-corrected chi connectivity index (χ2v) is 5.68. The van der Waals surface area contributed by atoms with Crippen LogP contribution in [0.15, 0.2) is 0 Å². The van der Waals surface area contributed by atoms with Crippen LogP contribution in [0.2, 0.25) is 0 Å². The number of ketones is 1. The van der Waals surface area contributed by atoms with Crippen LogP contribution >= 0.6 is 0 Å². The van der Waals surface area contributed by atoms with Crippen molar-refractivity contribution < 1.29 is 19.1 Å². The lowest BCUT2D eigenvalue weighted by molar-refractivity contribution is -0.124. The Labute approximate surface area is 108 Å². The Balaban J connectivity index is 2.30. The fraction of sp³-hybridized carbons (Fsp3) is 0.846. The molecule has 1 rings (SSSR count). The Bertz CT molecular complexity index is 301. The molecule has 1 heterocycles. The van der Waals surface area contributed by atoms with E-state index in [4.69, 9.17) is 9.47 Å². The summed E-state index contributed by atoms with van der Waals surface area (Å²) in [6.07, 6.45) is 1.32. The molecule has 0 saturated carbocycles. The maximum Gasteiger partial charge on any atom is 0.410 e. The normalized spacial score (nSPS) is 17.7. The summed E-state index contributed by atoms with van der Waals surface area (Å²) >= 11 is 0. The molecule has 18 heavy (non-hydrogen) atoms. The predicted molar refractivity (Wildman–Crippen MR) is 67.5 cm³/mol. The third-order valence-corrected chi connectivity index (χ3v) is 2.62. The Kier molecular flexibility index (Phi) is 5.14. The van der Waals surface area contributed by atoms with Crippen LogP contribution in [0.5, 0.6) is 0 Å². The van der Waals surface area contributed by atoms with Crippen molar-refractivity contribution >= 4 is 11.9 Å². The van der Waals surface area contributed by atoms with E-state index in [0.29, 0.717) is 13.1 Å². The molecule has 0 aliphatic carbocycles. The molecule has 1 aliphatic heterocycles. The van der Waals surface area contributed by atoms with E-state index >= 15 is 0 Å². The standard InChI is InChI=1S/C13H23NO4/c1-10(15)9-17-11-5-7-14(8-6-11)12(16)18-13(2,3)4/h11H,5-9H2,1-4H3. The molecule has 0 bridgehead atoms. The van der Waals surface area contributed by atoms with Gasteiger partial charge in [-0.25, -0.2) is 4.79 Å². The molecule has 5 heteroatoms. The van der Waals surface area contributed by atoms with Gasteiger partial charge in [0.2, 0.25) is 0 Å². The molecule has 0 N–H and O–H groups in total. The molecule has 0 atom stereocenters. The molecule has 1 aliphatic rings. The molecular weight excluding hydrogens is 234 g/mol. The molecule has 5 nitrogen and oxygen atoms in total. The number of Topliss-reactive ketones (excluding diaryl/α,β-unsaturated/α-hetero) is 1. The van der Waals surface area contributed by atoms with Gasteiger partial charge in [0.1, 0.15) is 12.2 Å². The molecule has 1 saturated heterocycles. The number of rotatable bonds is 3. The van der Waals surface area contributed by atoms with Crippen LogP contribution < -0.4 is 0 Å². The minimum atomic E-state index is -0.459. The highest BCUT2D eigenvalue weighted by Crippen LogP contribution is 2.17. The van der Waals surface area contributed by atoms with E-state index in [1.54, 1.807) is 4.90 Å². The summed E-state index contributed by atoms with van der Waals surface area (Å²) in [5.74, 6) is 0.0320. The van der Waals surface area contributed by atoms with Gasteiger partial charge in [0, 0.05) is 13.1 Å². The van der Waals surface area contributed by atoms with Gasteiger partial charge in [0.25, 0.3) is 0 Å². The van der Waals surface area contributed by atoms with Crippen molar-refractivity contribution in [3.8, 4) is 0 Å². The van der Waals surface area contributed by atoms with Crippen LogP contribution in [0.4, 0.5) is 4.79 Å². The summed E-state index contributed by atoms with van der Waals surface area (Å²) < 4.78 is 10.7. The highest BCUT2D eigenvalue weighted by molar-refractivity contribution is 5.76. The second-order valence-electron chi connectivity index (χ2n) is 5.68. The first-order valence-corrected chi connectivity index (χ1v) is 6.37. The molecule has 0 aromatic heterocycles. The third kappa shape index (κ3) is 5.49. The molecule has 1 amide bonds. The van der Waals surface area contributed by atoms with Crippen molar-refractivity contribution in [2.45, 2.75) is 52.2 Å². The molecule has 0 radical (unpaired) electrons. The number of amides is 1. The van der Waals surface area contributed by atoms with Crippen LogP contribution in [-0.2, 0) is 14.3 Å². The van der Waals surface area contributed by atoms with Crippen molar-refractivity contribution in [1.29, 1.82) is 0 Å². The smallest absolute Gasteiger partial charge is 0.410 e. The van der Waals surface area contributed by atoms with Crippen molar-refractivity contribution in [2.75, 3.05) is 19.7 Å². The summed E-state index contributed by atoms with van der Waals surface area (Å²) in [5, 5.41) is 0. The van der Waals surface area contributed by atoms with Gasteiger partial charge in [-0.15, -0.1) is 0 Å². The van der Waals surface area contributed by atoms with Gasteiger partial charge in [-0.3, -0.25) is 4.79 Å². The van der Waals surface area contributed by atoms with E-state index in [1.165, 1.54) is 6.92 Å². The fourth-order valence-electron chi connectivity index (χ4n) is 1.77. The van der Waals surface area contributed by atoms with Crippen molar-refractivity contribution in [2.24, 2.45) is 0 Å². The average Bonchev–Trinajstić information content (AvgIpc) is 2.24. The predicted octanol–water partition coefficient (Wildman–Crippen LogP) is 1.99. The van der Waals surface area contributed by atoms with Gasteiger partial charge >= 0.3 is 6.09 Å².